The Balaban J connectivity index is 2.46. The van der Waals surface area contributed by atoms with E-state index in [1.807, 2.05) is 26.2 Å². The van der Waals surface area contributed by atoms with Crippen molar-refractivity contribution < 1.29 is 4.39 Å². The van der Waals surface area contributed by atoms with Gasteiger partial charge in [0, 0.05) is 22.7 Å². The standard InChI is InChI=1S/C16H15FN4OS/c1-9(2)13-14(12(23-3)4-5-18-13)21-15-10(7-20-16(21)22)6-11(17)8-19-15/h4-9H,1-3H3. The smallest absolute Gasteiger partial charge is 0.259 e. The molecule has 0 aliphatic rings. The summed E-state index contributed by atoms with van der Waals surface area (Å²) in [4.78, 5) is 25.7. The molecule has 3 aromatic heterocycles. The first-order chi connectivity index (χ1) is 11.0. The topological polar surface area (TPSA) is 60.7 Å². The summed E-state index contributed by atoms with van der Waals surface area (Å²) in [6, 6.07) is 3.16. The highest BCUT2D eigenvalue weighted by atomic mass is 32.2. The van der Waals surface area contributed by atoms with E-state index in [9.17, 15) is 9.18 Å². The van der Waals surface area contributed by atoms with Crippen LogP contribution in [-0.2, 0) is 0 Å². The number of pyridine rings is 2. The Kier molecular flexibility index (Phi) is 4.12. The van der Waals surface area contributed by atoms with Gasteiger partial charge in [-0.3, -0.25) is 4.98 Å². The second kappa shape index (κ2) is 6.08. The Morgan fingerprint density at radius 1 is 1.22 bits per heavy atom. The van der Waals surface area contributed by atoms with Crippen LogP contribution in [0.15, 0.2) is 40.4 Å². The second-order valence-electron chi connectivity index (χ2n) is 5.34. The van der Waals surface area contributed by atoms with E-state index in [-0.39, 0.29) is 5.92 Å². The van der Waals surface area contributed by atoms with E-state index in [0.29, 0.717) is 16.7 Å². The second-order valence-corrected chi connectivity index (χ2v) is 6.19. The Morgan fingerprint density at radius 2 is 2.00 bits per heavy atom. The Morgan fingerprint density at radius 3 is 2.70 bits per heavy atom. The minimum Gasteiger partial charge on any atom is -0.259 e. The van der Waals surface area contributed by atoms with Gasteiger partial charge in [0.1, 0.15) is 11.5 Å². The summed E-state index contributed by atoms with van der Waals surface area (Å²) in [5.41, 5.74) is 1.36. The third-order valence-electron chi connectivity index (χ3n) is 3.48. The largest absolute Gasteiger partial charge is 0.353 e. The predicted octanol–water partition coefficient (Wildman–Crippen LogP) is 3.16. The van der Waals surface area contributed by atoms with Crippen LogP contribution in [0.1, 0.15) is 25.5 Å². The number of hydrogen-bond donors (Lipinski definition) is 0. The Hall–Kier alpha value is -2.28. The number of thioether (sulfide) groups is 1. The van der Waals surface area contributed by atoms with Crippen molar-refractivity contribution in [1.29, 1.82) is 0 Å². The maximum Gasteiger partial charge on any atom is 0.353 e. The first-order valence-electron chi connectivity index (χ1n) is 7.09. The Labute approximate surface area is 136 Å². The highest BCUT2D eigenvalue weighted by molar-refractivity contribution is 7.98. The summed E-state index contributed by atoms with van der Waals surface area (Å²) >= 11 is 1.51. The van der Waals surface area contributed by atoms with Crippen LogP contribution in [0.5, 0.6) is 0 Å². The van der Waals surface area contributed by atoms with Crippen LogP contribution in [0.4, 0.5) is 4.39 Å². The molecular formula is C16H15FN4OS. The zero-order valence-corrected chi connectivity index (χ0v) is 13.8. The van der Waals surface area contributed by atoms with Crippen molar-refractivity contribution in [3.05, 3.63) is 52.7 Å². The minimum absolute atomic E-state index is 0.111. The lowest BCUT2D eigenvalue weighted by Crippen LogP contribution is -2.24. The molecule has 0 unspecified atom stereocenters. The summed E-state index contributed by atoms with van der Waals surface area (Å²) in [7, 11) is 0. The van der Waals surface area contributed by atoms with Gasteiger partial charge in [-0.05, 0) is 24.3 Å². The molecule has 0 saturated heterocycles. The van der Waals surface area contributed by atoms with Gasteiger partial charge in [0.15, 0.2) is 0 Å². The average molecular weight is 330 g/mol. The third kappa shape index (κ3) is 2.72. The Bertz CT molecular complexity index is 939. The molecule has 0 N–H and O–H groups in total. The third-order valence-corrected chi connectivity index (χ3v) is 4.25. The molecule has 118 valence electrons. The molecule has 5 nitrogen and oxygen atoms in total. The van der Waals surface area contributed by atoms with Gasteiger partial charge in [0.2, 0.25) is 0 Å². The normalized spacial score (nSPS) is 11.3. The average Bonchev–Trinajstić information content (AvgIpc) is 2.54. The van der Waals surface area contributed by atoms with Gasteiger partial charge in [-0.2, -0.15) is 0 Å². The van der Waals surface area contributed by atoms with Crippen molar-refractivity contribution in [1.82, 2.24) is 19.5 Å². The van der Waals surface area contributed by atoms with Crippen LogP contribution in [0.3, 0.4) is 0 Å². The first kappa shape index (κ1) is 15.6. The molecule has 0 amide bonds. The van der Waals surface area contributed by atoms with Crippen molar-refractivity contribution in [2.45, 2.75) is 24.7 Å². The lowest BCUT2D eigenvalue weighted by atomic mass is 10.1. The molecule has 0 radical (unpaired) electrons. The van der Waals surface area contributed by atoms with Crippen LogP contribution in [0, 0.1) is 5.82 Å². The minimum atomic E-state index is -0.468. The van der Waals surface area contributed by atoms with E-state index in [1.165, 1.54) is 28.6 Å². The molecule has 3 rings (SSSR count). The number of aromatic nitrogens is 4. The zero-order valence-electron chi connectivity index (χ0n) is 12.9. The van der Waals surface area contributed by atoms with Crippen LogP contribution in [0.25, 0.3) is 16.7 Å². The van der Waals surface area contributed by atoms with Crippen LogP contribution in [-0.4, -0.2) is 25.8 Å². The van der Waals surface area contributed by atoms with Gasteiger partial charge in [-0.25, -0.2) is 23.7 Å². The molecular weight excluding hydrogens is 315 g/mol. The number of hydrogen-bond acceptors (Lipinski definition) is 5. The van der Waals surface area contributed by atoms with Crippen molar-refractivity contribution in [3.63, 3.8) is 0 Å². The summed E-state index contributed by atoms with van der Waals surface area (Å²) < 4.78 is 14.8. The molecule has 0 aliphatic heterocycles. The molecule has 0 aliphatic carbocycles. The van der Waals surface area contributed by atoms with Crippen LogP contribution in [0.2, 0.25) is 0 Å². The maximum absolute atomic E-state index is 13.4. The zero-order chi connectivity index (χ0) is 16.6. The van der Waals surface area contributed by atoms with Crippen molar-refractivity contribution in [3.8, 4) is 5.69 Å². The van der Waals surface area contributed by atoms with E-state index in [4.69, 9.17) is 0 Å². The van der Waals surface area contributed by atoms with E-state index >= 15 is 0 Å². The molecule has 3 aromatic rings. The van der Waals surface area contributed by atoms with Gasteiger partial charge in [0.25, 0.3) is 0 Å². The fourth-order valence-corrected chi connectivity index (χ4v) is 3.05. The molecule has 0 atom stereocenters. The summed E-state index contributed by atoms with van der Waals surface area (Å²) in [6.45, 7) is 4.01. The molecule has 0 spiro atoms. The number of rotatable bonds is 3. The highest BCUT2D eigenvalue weighted by Crippen LogP contribution is 2.30. The first-order valence-corrected chi connectivity index (χ1v) is 8.32. The fraction of sp³-hybridized carbons (Fsp3) is 0.250. The van der Waals surface area contributed by atoms with Gasteiger partial charge in [-0.1, -0.05) is 13.8 Å². The molecule has 0 fully saturated rings. The molecule has 0 bridgehead atoms. The molecule has 7 heteroatoms. The molecule has 0 aromatic carbocycles. The van der Waals surface area contributed by atoms with Crippen molar-refractivity contribution >= 4 is 22.8 Å². The number of fused-ring (bicyclic) bond motifs is 1. The van der Waals surface area contributed by atoms with Crippen LogP contribution < -0.4 is 5.69 Å². The lowest BCUT2D eigenvalue weighted by molar-refractivity contribution is 0.623. The van der Waals surface area contributed by atoms with E-state index in [1.54, 1.807) is 6.20 Å². The molecule has 0 saturated carbocycles. The SMILES string of the molecule is CSc1ccnc(C(C)C)c1-n1c(=O)ncc2cc(F)cnc21. The van der Waals surface area contributed by atoms with Gasteiger partial charge < -0.3 is 0 Å². The van der Waals surface area contributed by atoms with Crippen molar-refractivity contribution in [2.24, 2.45) is 0 Å². The van der Waals surface area contributed by atoms with E-state index in [0.717, 1.165) is 16.8 Å². The summed E-state index contributed by atoms with van der Waals surface area (Å²) in [5.74, 6) is -0.357. The van der Waals surface area contributed by atoms with E-state index in [2.05, 4.69) is 15.0 Å². The quantitative estimate of drug-likeness (QED) is 0.690. The van der Waals surface area contributed by atoms with E-state index < -0.39 is 11.5 Å². The number of nitrogens with zero attached hydrogens (tertiary/aromatic N) is 4. The monoisotopic (exact) mass is 330 g/mol. The lowest BCUT2D eigenvalue weighted by Gasteiger charge is -2.17. The molecule has 3 heterocycles. The number of halogens is 1. The predicted molar refractivity (Wildman–Crippen MR) is 88.8 cm³/mol. The summed E-state index contributed by atoms with van der Waals surface area (Å²) in [6.07, 6.45) is 6.10. The molecule has 23 heavy (non-hydrogen) atoms. The van der Waals surface area contributed by atoms with Gasteiger partial charge in [-0.15, -0.1) is 11.8 Å². The highest BCUT2D eigenvalue weighted by Gasteiger charge is 2.18. The maximum atomic E-state index is 13.4. The van der Waals surface area contributed by atoms with Crippen molar-refractivity contribution in [2.75, 3.05) is 6.26 Å². The van der Waals surface area contributed by atoms with Gasteiger partial charge in [0.05, 0.1) is 17.6 Å². The summed E-state index contributed by atoms with van der Waals surface area (Å²) in [5, 5.41) is 0.468. The van der Waals surface area contributed by atoms with Crippen LogP contribution >= 0.6 is 11.8 Å². The van der Waals surface area contributed by atoms with Gasteiger partial charge >= 0.3 is 5.69 Å². The fourth-order valence-electron chi connectivity index (χ4n) is 2.47.